The fourth-order valence-electron chi connectivity index (χ4n) is 8.14. The van der Waals surface area contributed by atoms with Crippen LogP contribution < -0.4 is 0 Å². The molecule has 9 aromatic carbocycles. The number of benzene rings is 9. The van der Waals surface area contributed by atoms with Crippen LogP contribution in [0.2, 0.25) is 0 Å². The van der Waals surface area contributed by atoms with Crippen molar-refractivity contribution in [1.29, 1.82) is 0 Å². The van der Waals surface area contributed by atoms with Gasteiger partial charge in [0.15, 0.2) is 17.5 Å². The van der Waals surface area contributed by atoms with Crippen LogP contribution in [0.15, 0.2) is 205 Å². The minimum absolute atomic E-state index is 0.601. The summed E-state index contributed by atoms with van der Waals surface area (Å²) in [5, 5.41) is 6.84. The number of furan rings is 1. The maximum atomic E-state index is 6.67. The minimum atomic E-state index is 0.601. The minimum Gasteiger partial charge on any atom is -0.455 e. The second-order valence-electron chi connectivity index (χ2n) is 14.4. The van der Waals surface area contributed by atoms with E-state index in [1.54, 1.807) is 0 Å². The maximum Gasteiger partial charge on any atom is 0.164 e. The summed E-state index contributed by atoms with van der Waals surface area (Å²) in [6.07, 6.45) is 0. The zero-order valence-corrected chi connectivity index (χ0v) is 30.8. The van der Waals surface area contributed by atoms with Gasteiger partial charge < -0.3 is 4.42 Å². The van der Waals surface area contributed by atoms with E-state index in [1.807, 2.05) is 6.07 Å². The molecule has 2 heterocycles. The Morgan fingerprint density at radius 3 is 1.68 bits per heavy atom. The highest BCUT2D eigenvalue weighted by atomic mass is 16.3. The summed E-state index contributed by atoms with van der Waals surface area (Å²) in [6, 6.07) is 69.8. The second kappa shape index (κ2) is 13.6. The van der Waals surface area contributed by atoms with Crippen LogP contribution in [0.4, 0.5) is 0 Å². The summed E-state index contributed by atoms with van der Waals surface area (Å²) in [5.74, 6) is 1.84. The first kappa shape index (κ1) is 32.7. The molecule has 4 heteroatoms. The maximum absolute atomic E-state index is 6.67. The van der Waals surface area contributed by atoms with Crippen molar-refractivity contribution >= 4 is 43.5 Å². The van der Waals surface area contributed by atoms with Crippen LogP contribution in [0.3, 0.4) is 0 Å². The molecule has 0 bridgehead atoms. The van der Waals surface area contributed by atoms with Crippen molar-refractivity contribution in [3.63, 3.8) is 0 Å². The molecule has 266 valence electrons. The zero-order chi connectivity index (χ0) is 37.7. The van der Waals surface area contributed by atoms with Gasteiger partial charge in [-0.15, -0.1) is 0 Å². The van der Waals surface area contributed by atoms with Gasteiger partial charge in [-0.25, -0.2) is 15.0 Å². The largest absolute Gasteiger partial charge is 0.455 e. The average Bonchev–Trinajstić information content (AvgIpc) is 3.68. The topological polar surface area (TPSA) is 51.8 Å². The summed E-state index contributed by atoms with van der Waals surface area (Å²) in [7, 11) is 0. The van der Waals surface area contributed by atoms with Crippen LogP contribution in [0, 0.1) is 0 Å². The molecule has 0 fully saturated rings. The summed E-state index contributed by atoms with van der Waals surface area (Å²) in [5.41, 5.74) is 11.1. The van der Waals surface area contributed by atoms with Crippen molar-refractivity contribution in [3.8, 4) is 67.5 Å². The summed E-state index contributed by atoms with van der Waals surface area (Å²) in [4.78, 5) is 15.6. The van der Waals surface area contributed by atoms with Gasteiger partial charge in [-0.3, -0.25) is 0 Å². The van der Waals surface area contributed by atoms with Crippen molar-refractivity contribution in [1.82, 2.24) is 15.0 Å². The quantitative estimate of drug-likeness (QED) is 0.171. The number of hydrogen-bond acceptors (Lipinski definition) is 4. The first-order valence-corrected chi connectivity index (χ1v) is 19.2. The SMILES string of the molecule is c1ccc(-c2cccc3oc4c(-c5cccc(-c6nc(-c7cccc(-c8ccc9ccccc9c8)c7)nc(-c7cccc8ccccc78)n6)c5)cccc4c23)cc1. The normalized spacial score (nSPS) is 11.5. The standard InChI is InChI=1S/C53H33N3O/c1-2-14-36(15-3-1)44-24-12-28-48-49(44)47-27-11-25-45(50(47)57-48)40-20-9-22-42(33-40)52-54-51(55-53(56-52)46-26-10-18-35-16-6-7-23-43(35)46)41-21-8-19-38(32-41)39-30-29-34-13-4-5-17-37(34)31-39/h1-33H. The Morgan fingerprint density at radius 2 is 0.842 bits per heavy atom. The Kier molecular flexibility index (Phi) is 7.78. The Morgan fingerprint density at radius 1 is 0.298 bits per heavy atom. The highest BCUT2D eigenvalue weighted by Crippen LogP contribution is 2.41. The highest BCUT2D eigenvalue weighted by Gasteiger charge is 2.18. The number of nitrogens with zero attached hydrogens (tertiary/aromatic N) is 3. The molecular weight excluding hydrogens is 695 g/mol. The van der Waals surface area contributed by atoms with Crippen LogP contribution >= 0.6 is 0 Å². The third kappa shape index (κ3) is 5.83. The van der Waals surface area contributed by atoms with E-state index >= 15 is 0 Å². The van der Waals surface area contributed by atoms with Gasteiger partial charge in [-0.2, -0.15) is 0 Å². The second-order valence-corrected chi connectivity index (χ2v) is 14.4. The molecule has 0 atom stereocenters. The number of fused-ring (bicyclic) bond motifs is 5. The van der Waals surface area contributed by atoms with Gasteiger partial charge >= 0.3 is 0 Å². The highest BCUT2D eigenvalue weighted by molar-refractivity contribution is 6.15. The smallest absolute Gasteiger partial charge is 0.164 e. The molecule has 11 aromatic rings. The van der Waals surface area contributed by atoms with Crippen molar-refractivity contribution < 1.29 is 4.42 Å². The van der Waals surface area contributed by atoms with Gasteiger partial charge in [0.2, 0.25) is 0 Å². The Bertz CT molecular complexity index is 3310. The summed E-state index contributed by atoms with van der Waals surface area (Å²) in [6.45, 7) is 0. The first-order chi connectivity index (χ1) is 28.2. The van der Waals surface area contributed by atoms with Crippen LogP contribution in [0.25, 0.3) is 111 Å². The van der Waals surface area contributed by atoms with Crippen LogP contribution in [0.5, 0.6) is 0 Å². The average molecular weight is 728 g/mol. The van der Waals surface area contributed by atoms with Gasteiger partial charge in [0.05, 0.1) is 0 Å². The molecule has 0 aliphatic rings. The molecule has 57 heavy (non-hydrogen) atoms. The lowest BCUT2D eigenvalue weighted by Gasteiger charge is -2.12. The van der Waals surface area contributed by atoms with Crippen LogP contribution in [-0.4, -0.2) is 15.0 Å². The van der Waals surface area contributed by atoms with E-state index in [4.69, 9.17) is 19.4 Å². The molecule has 0 aliphatic heterocycles. The Labute approximate surface area is 329 Å². The third-order valence-corrected chi connectivity index (χ3v) is 10.9. The molecular formula is C53H33N3O. The monoisotopic (exact) mass is 727 g/mol. The van der Waals surface area contributed by atoms with Gasteiger partial charge in [0.25, 0.3) is 0 Å². The molecule has 0 radical (unpaired) electrons. The molecule has 4 nitrogen and oxygen atoms in total. The zero-order valence-electron chi connectivity index (χ0n) is 30.8. The van der Waals surface area contributed by atoms with Gasteiger partial charge in [-0.05, 0) is 73.6 Å². The molecule has 2 aromatic heterocycles. The van der Waals surface area contributed by atoms with Gasteiger partial charge in [0, 0.05) is 33.0 Å². The molecule has 11 rings (SSSR count). The lowest BCUT2D eigenvalue weighted by molar-refractivity contribution is 0.670. The third-order valence-electron chi connectivity index (χ3n) is 10.9. The van der Waals surface area contributed by atoms with E-state index in [9.17, 15) is 0 Å². The van der Waals surface area contributed by atoms with E-state index in [-0.39, 0.29) is 0 Å². The lowest BCUT2D eigenvalue weighted by Crippen LogP contribution is -2.01. The van der Waals surface area contributed by atoms with Crippen molar-refractivity contribution in [2.24, 2.45) is 0 Å². The summed E-state index contributed by atoms with van der Waals surface area (Å²) >= 11 is 0. The number of hydrogen-bond donors (Lipinski definition) is 0. The van der Waals surface area contributed by atoms with E-state index < -0.39 is 0 Å². The molecule has 0 unspecified atom stereocenters. The lowest BCUT2D eigenvalue weighted by atomic mass is 9.97. The molecule has 0 spiro atoms. The van der Waals surface area contributed by atoms with E-state index in [1.165, 1.54) is 10.8 Å². The predicted octanol–water partition coefficient (Wildman–Crippen LogP) is 14.1. The predicted molar refractivity (Wildman–Crippen MR) is 235 cm³/mol. The van der Waals surface area contributed by atoms with Gasteiger partial charge in [-0.1, -0.05) is 176 Å². The van der Waals surface area contributed by atoms with E-state index in [2.05, 4.69) is 194 Å². The molecule has 0 amide bonds. The number of rotatable bonds is 6. The fraction of sp³-hybridized carbons (Fsp3) is 0. The van der Waals surface area contributed by atoms with Crippen molar-refractivity contribution in [2.75, 3.05) is 0 Å². The molecule has 0 saturated heterocycles. The van der Waals surface area contributed by atoms with Crippen molar-refractivity contribution in [2.45, 2.75) is 0 Å². The van der Waals surface area contributed by atoms with Crippen molar-refractivity contribution in [3.05, 3.63) is 200 Å². The summed E-state index contributed by atoms with van der Waals surface area (Å²) < 4.78 is 6.67. The number of para-hydroxylation sites is 1. The van der Waals surface area contributed by atoms with E-state index in [0.717, 1.165) is 82.8 Å². The Balaban J connectivity index is 1.07. The Hall–Kier alpha value is -7.69. The van der Waals surface area contributed by atoms with Crippen LogP contribution in [0.1, 0.15) is 0 Å². The molecule has 0 N–H and O–H groups in total. The molecule has 0 aliphatic carbocycles. The van der Waals surface area contributed by atoms with Gasteiger partial charge in [0.1, 0.15) is 11.2 Å². The van der Waals surface area contributed by atoms with E-state index in [0.29, 0.717) is 17.5 Å². The van der Waals surface area contributed by atoms with Crippen LogP contribution in [-0.2, 0) is 0 Å². The first-order valence-electron chi connectivity index (χ1n) is 19.2. The number of aromatic nitrogens is 3. The fourth-order valence-corrected chi connectivity index (χ4v) is 8.14. The molecule has 0 saturated carbocycles.